The molecule has 6 nitrogen and oxygen atoms in total. The second-order valence-corrected chi connectivity index (χ2v) is 25.3. The van der Waals surface area contributed by atoms with E-state index in [1.807, 2.05) is 6.08 Å². The van der Waals surface area contributed by atoms with Gasteiger partial charge in [0.15, 0.2) is 0 Å². The Morgan fingerprint density at radius 3 is 0.861 bits per heavy atom. The van der Waals surface area contributed by atoms with Crippen LogP contribution in [0.5, 0.6) is 0 Å². The van der Waals surface area contributed by atoms with Crippen molar-refractivity contribution in [2.75, 3.05) is 13.2 Å². The molecular formula is C73H143NO5. The van der Waals surface area contributed by atoms with Gasteiger partial charge in [-0.2, -0.15) is 0 Å². The lowest BCUT2D eigenvalue weighted by atomic mass is 10.0. The van der Waals surface area contributed by atoms with Gasteiger partial charge in [0.1, 0.15) is 0 Å². The van der Waals surface area contributed by atoms with Crippen LogP contribution in [-0.4, -0.2) is 47.4 Å². The minimum atomic E-state index is -0.844. The lowest BCUT2D eigenvalue weighted by molar-refractivity contribution is -0.143. The molecule has 2 atom stereocenters. The summed E-state index contributed by atoms with van der Waals surface area (Å²) in [6.07, 6.45) is 85.8. The van der Waals surface area contributed by atoms with Gasteiger partial charge in [0.25, 0.3) is 0 Å². The summed E-state index contributed by atoms with van der Waals surface area (Å²) in [5.74, 6) is -0.0414. The summed E-state index contributed by atoms with van der Waals surface area (Å²) in [6, 6.07) is -0.627. The number of carbonyl (C=O) groups excluding carboxylic acids is 2. The van der Waals surface area contributed by atoms with E-state index >= 15 is 0 Å². The summed E-state index contributed by atoms with van der Waals surface area (Å²) in [6.45, 7) is 4.96. The molecule has 0 aromatic rings. The van der Waals surface area contributed by atoms with Crippen LogP contribution < -0.4 is 5.32 Å². The number of hydrogen-bond donors (Lipinski definition) is 3. The number of aliphatic hydroxyl groups is 2. The van der Waals surface area contributed by atoms with E-state index < -0.39 is 12.1 Å². The molecule has 0 fully saturated rings. The smallest absolute Gasteiger partial charge is 0.305 e. The van der Waals surface area contributed by atoms with Gasteiger partial charge < -0.3 is 20.3 Å². The third-order valence-electron chi connectivity index (χ3n) is 17.3. The molecule has 6 heteroatoms. The van der Waals surface area contributed by atoms with Gasteiger partial charge in [-0.1, -0.05) is 386 Å². The zero-order valence-electron chi connectivity index (χ0n) is 53.9. The Kier molecular flexibility index (Phi) is 67.9. The van der Waals surface area contributed by atoms with Crippen LogP contribution in [0.2, 0.25) is 0 Å². The molecule has 0 rings (SSSR count). The monoisotopic (exact) mass is 1110 g/mol. The van der Waals surface area contributed by atoms with E-state index in [4.69, 9.17) is 4.74 Å². The van der Waals surface area contributed by atoms with Crippen molar-refractivity contribution in [1.82, 2.24) is 5.32 Å². The summed E-state index contributed by atoms with van der Waals surface area (Å²) in [4.78, 5) is 24.6. The Balaban J connectivity index is 3.36. The van der Waals surface area contributed by atoms with Gasteiger partial charge >= 0.3 is 5.97 Å². The number of hydrogen-bond acceptors (Lipinski definition) is 5. The molecule has 0 saturated carbocycles. The maximum Gasteiger partial charge on any atom is 0.305 e. The molecule has 0 aliphatic heterocycles. The van der Waals surface area contributed by atoms with E-state index in [9.17, 15) is 19.8 Å². The minimum Gasteiger partial charge on any atom is -0.466 e. The van der Waals surface area contributed by atoms with E-state index in [1.165, 1.54) is 353 Å². The molecule has 0 aromatic heterocycles. The number of rotatable bonds is 69. The Morgan fingerprint density at radius 1 is 0.342 bits per heavy atom. The van der Waals surface area contributed by atoms with Crippen molar-refractivity contribution in [1.29, 1.82) is 0 Å². The quantitative estimate of drug-likeness (QED) is 0.0320. The molecule has 0 radical (unpaired) electrons. The second-order valence-electron chi connectivity index (χ2n) is 25.3. The SMILES string of the molecule is CCCCCCCCCCCCCCCCCCC/C=C/C(O)C(CO)NC(=O)CCCCCCCCCCCCCCCCCCCCCCCCCCOC(=O)CCCCCCCCCCCCCCCCCCCCC. The van der Waals surface area contributed by atoms with E-state index in [0.717, 1.165) is 38.5 Å². The standard InChI is InChI=1S/C73H143NO5/c1-3-5-7-9-11-13-15-17-19-21-29-33-37-41-45-49-53-57-61-65-71(76)70(69-75)74-72(77)66-62-58-54-50-46-42-38-34-31-27-25-23-24-26-28-32-36-40-44-48-52-56-60-64-68-79-73(78)67-63-59-55-51-47-43-39-35-30-22-20-18-16-14-12-10-8-6-4-2/h61,65,70-71,75-76H,3-60,62-64,66-69H2,1-2H3,(H,74,77)/b65-61+. The lowest BCUT2D eigenvalue weighted by Gasteiger charge is -2.20. The van der Waals surface area contributed by atoms with Crippen LogP contribution in [0.4, 0.5) is 0 Å². The fourth-order valence-corrected chi connectivity index (χ4v) is 11.8. The number of esters is 1. The predicted molar refractivity (Wildman–Crippen MR) is 347 cm³/mol. The van der Waals surface area contributed by atoms with Crippen LogP contribution in [-0.2, 0) is 14.3 Å². The van der Waals surface area contributed by atoms with Gasteiger partial charge in [0.05, 0.1) is 25.4 Å². The lowest BCUT2D eigenvalue weighted by Crippen LogP contribution is -2.45. The highest BCUT2D eigenvalue weighted by atomic mass is 16.5. The average Bonchev–Trinajstić information content (AvgIpc) is 3.45. The van der Waals surface area contributed by atoms with Crippen molar-refractivity contribution >= 4 is 11.9 Å². The Bertz CT molecular complexity index is 1190. The molecule has 0 heterocycles. The average molecular weight is 1110 g/mol. The fraction of sp³-hybridized carbons (Fsp3) is 0.945. The molecule has 2 unspecified atom stereocenters. The maximum absolute atomic E-state index is 12.5. The van der Waals surface area contributed by atoms with Gasteiger partial charge in [0, 0.05) is 12.8 Å². The largest absolute Gasteiger partial charge is 0.466 e. The van der Waals surface area contributed by atoms with E-state index in [0.29, 0.717) is 19.4 Å². The van der Waals surface area contributed by atoms with Gasteiger partial charge in [-0.15, -0.1) is 0 Å². The minimum absolute atomic E-state index is 0.0210. The molecule has 0 aromatic carbocycles. The van der Waals surface area contributed by atoms with Gasteiger partial charge in [-0.3, -0.25) is 9.59 Å². The topological polar surface area (TPSA) is 95.9 Å². The highest BCUT2D eigenvalue weighted by Gasteiger charge is 2.18. The first-order valence-corrected chi connectivity index (χ1v) is 36.5. The van der Waals surface area contributed by atoms with Crippen LogP contribution in [0.1, 0.15) is 418 Å². The third-order valence-corrected chi connectivity index (χ3v) is 17.3. The third kappa shape index (κ3) is 65.6. The zero-order valence-corrected chi connectivity index (χ0v) is 53.9. The number of aliphatic hydroxyl groups excluding tert-OH is 2. The van der Waals surface area contributed by atoms with Crippen molar-refractivity contribution < 1.29 is 24.5 Å². The highest BCUT2D eigenvalue weighted by molar-refractivity contribution is 5.76. The van der Waals surface area contributed by atoms with Crippen molar-refractivity contribution in [3.8, 4) is 0 Å². The number of unbranched alkanes of at least 4 members (excludes halogenated alkanes) is 58. The summed E-state index contributed by atoms with van der Waals surface area (Å²) >= 11 is 0. The number of allylic oxidation sites excluding steroid dienone is 1. The summed E-state index contributed by atoms with van der Waals surface area (Å²) < 4.78 is 5.52. The maximum atomic E-state index is 12.5. The Hall–Kier alpha value is -1.40. The van der Waals surface area contributed by atoms with Crippen molar-refractivity contribution in [2.45, 2.75) is 431 Å². The Morgan fingerprint density at radius 2 is 0.582 bits per heavy atom. The van der Waals surface area contributed by atoms with E-state index in [-0.39, 0.29) is 18.5 Å². The highest BCUT2D eigenvalue weighted by Crippen LogP contribution is 2.19. The normalized spacial score (nSPS) is 12.5. The summed E-state index contributed by atoms with van der Waals surface area (Å²) in [5.41, 5.74) is 0. The molecule has 470 valence electrons. The van der Waals surface area contributed by atoms with Gasteiger partial charge in [0.2, 0.25) is 5.91 Å². The fourth-order valence-electron chi connectivity index (χ4n) is 11.8. The molecule has 0 aliphatic carbocycles. The van der Waals surface area contributed by atoms with Crippen LogP contribution in [0.15, 0.2) is 12.2 Å². The first-order chi connectivity index (χ1) is 39.0. The first-order valence-electron chi connectivity index (χ1n) is 36.5. The molecule has 0 aliphatic rings. The summed E-state index contributed by atoms with van der Waals surface area (Å²) in [7, 11) is 0. The molecule has 1 amide bonds. The Labute approximate surface area is 495 Å². The molecule has 0 saturated heterocycles. The van der Waals surface area contributed by atoms with Crippen LogP contribution in [0.3, 0.4) is 0 Å². The summed E-state index contributed by atoms with van der Waals surface area (Å²) in [5, 5.41) is 23.2. The number of carbonyl (C=O) groups is 2. The van der Waals surface area contributed by atoms with Crippen LogP contribution in [0, 0.1) is 0 Å². The number of nitrogens with one attached hydrogen (secondary N) is 1. The van der Waals surface area contributed by atoms with E-state index in [2.05, 4.69) is 19.2 Å². The van der Waals surface area contributed by atoms with Crippen molar-refractivity contribution in [3.63, 3.8) is 0 Å². The molecular weight excluding hydrogens is 971 g/mol. The predicted octanol–water partition coefficient (Wildman–Crippen LogP) is 23.5. The zero-order chi connectivity index (χ0) is 57.1. The molecule has 0 bridgehead atoms. The molecule has 3 N–H and O–H groups in total. The first kappa shape index (κ1) is 77.6. The van der Waals surface area contributed by atoms with Gasteiger partial charge in [-0.25, -0.2) is 0 Å². The molecule has 79 heavy (non-hydrogen) atoms. The van der Waals surface area contributed by atoms with Crippen LogP contribution >= 0.6 is 0 Å². The second kappa shape index (κ2) is 69.1. The van der Waals surface area contributed by atoms with Crippen LogP contribution in [0.25, 0.3) is 0 Å². The van der Waals surface area contributed by atoms with E-state index in [1.54, 1.807) is 6.08 Å². The van der Waals surface area contributed by atoms with Gasteiger partial charge in [-0.05, 0) is 32.1 Å². The number of amides is 1. The number of ether oxygens (including phenoxy) is 1. The van der Waals surface area contributed by atoms with Crippen molar-refractivity contribution in [2.24, 2.45) is 0 Å². The molecule has 0 spiro atoms. The van der Waals surface area contributed by atoms with Crippen molar-refractivity contribution in [3.05, 3.63) is 12.2 Å².